The summed E-state index contributed by atoms with van der Waals surface area (Å²) in [6.45, 7) is 4.89. The molecule has 1 aromatic rings. The van der Waals surface area contributed by atoms with Gasteiger partial charge in [0.1, 0.15) is 6.10 Å². The number of carboxylic acids is 1. The van der Waals surface area contributed by atoms with E-state index in [1.807, 2.05) is 20.2 Å². The van der Waals surface area contributed by atoms with Crippen molar-refractivity contribution in [2.45, 2.75) is 13.0 Å². The molecule has 0 fully saturated rings. The van der Waals surface area contributed by atoms with Crippen LogP contribution in [0.1, 0.15) is 12.5 Å². The van der Waals surface area contributed by atoms with Gasteiger partial charge in [0.25, 0.3) is 0 Å². The minimum atomic E-state index is -1.23. The van der Waals surface area contributed by atoms with Crippen LogP contribution < -0.4 is 4.90 Å². The van der Waals surface area contributed by atoms with Crippen molar-refractivity contribution in [3.63, 3.8) is 0 Å². The van der Waals surface area contributed by atoms with Crippen molar-refractivity contribution in [2.24, 2.45) is 0 Å². The average Bonchev–Trinajstić information content (AvgIpc) is 2.29. The Morgan fingerprint density at radius 2 is 1.76 bits per heavy atom. The summed E-state index contributed by atoms with van der Waals surface area (Å²) in [5, 5.41) is 15.8. The number of hydrogen-bond donors (Lipinski definition) is 2. The molecule has 0 radical (unpaired) electrons. The normalized spacial score (nSPS) is 10.8. The summed E-state index contributed by atoms with van der Waals surface area (Å²) in [5.41, 5.74) is 2.38. The first kappa shape index (κ1) is 15.2. The maximum absolute atomic E-state index is 9.45. The molecular formula is C13H19NO3. The third-order valence-electron chi connectivity index (χ3n) is 2.00. The number of hydrogen-bond acceptors (Lipinski definition) is 3. The molecule has 0 aromatic heterocycles. The third-order valence-corrected chi connectivity index (χ3v) is 2.00. The number of rotatable bonds is 3. The molecule has 1 atom stereocenters. The molecule has 4 nitrogen and oxygen atoms in total. The Balaban J connectivity index is 0.000000366. The van der Waals surface area contributed by atoms with Crippen LogP contribution in [0, 0.1) is 0 Å². The largest absolute Gasteiger partial charge is 0.479 e. The Hall–Kier alpha value is -1.81. The van der Waals surface area contributed by atoms with E-state index < -0.39 is 12.1 Å². The monoisotopic (exact) mass is 237 g/mol. The predicted octanol–water partition coefficient (Wildman–Crippen LogP) is 1.85. The highest BCUT2D eigenvalue weighted by Crippen LogP contribution is 2.12. The fourth-order valence-electron chi connectivity index (χ4n) is 0.909. The molecular weight excluding hydrogens is 218 g/mol. The van der Waals surface area contributed by atoms with Crippen LogP contribution in [0.15, 0.2) is 30.8 Å². The Morgan fingerprint density at radius 1 is 1.35 bits per heavy atom. The van der Waals surface area contributed by atoms with E-state index in [2.05, 4.69) is 35.7 Å². The van der Waals surface area contributed by atoms with Crippen molar-refractivity contribution in [3.05, 3.63) is 36.4 Å². The lowest BCUT2D eigenvalue weighted by Crippen LogP contribution is -2.13. The second-order valence-corrected chi connectivity index (χ2v) is 3.70. The van der Waals surface area contributed by atoms with Crippen LogP contribution in [-0.2, 0) is 4.79 Å². The van der Waals surface area contributed by atoms with Gasteiger partial charge in [-0.25, -0.2) is 4.79 Å². The Labute approximate surface area is 102 Å². The number of anilines is 1. The van der Waals surface area contributed by atoms with Crippen molar-refractivity contribution < 1.29 is 15.0 Å². The molecule has 1 rings (SSSR count). The van der Waals surface area contributed by atoms with E-state index >= 15 is 0 Å². The number of aliphatic hydroxyl groups excluding tert-OH is 1. The van der Waals surface area contributed by atoms with Gasteiger partial charge in [-0.15, -0.1) is 0 Å². The van der Waals surface area contributed by atoms with Gasteiger partial charge in [-0.1, -0.05) is 24.8 Å². The molecule has 4 heteroatoms. The van der Waals surface area contributed by atoms with Gasteiger partial charge in [0.15, 0.2) is 0 Å². The summed E-state index contributed by atoms with van der Waals surface area (Å²) in [5.74, 6) is -1.19. The molecule has 2 N–H and O–H groups in total. The van der Waals surface area contributed by atoms with Crippen molar-refractivity contribution in [1.82, 2.24) is 0 Å². The molecule has 1 aromatic carbocycles. The Kier molecular flexibility index (Phi) is 6.67. The van der Waals surface area contributed by atoms with Crippen molar-refractivity contribution >= 4 is 17.7 Å². The van der Waals surface area contributed by atoms with Gasteiger partial charge in [-0.3, -0.25) is 0 Å². The van der Waals surface area contributed by atoms with Crippen molar-refractivity contribution in [3.8, 4) is 0 Å². The van der Waals surface area contributed by atoms with Gasteiger partial charge in [0, 0.05) is 19.8 Å². The van der Waals surface area contributed by atoms with Crippen LogP contribution in [0.25, 0.3) is 6.08 Å². The average molecular weight is 237 g/mol. The van der Waals surface area contributed by atoms with E-state index in [9.17, 15) is 4.79 Å². The van der Waals surface area contributed by atoms with Crippen LogP contribution in [0.2, 0.25) is 0 Å². The van der Waals surface area contributed by atoms with Gasteiger partial charge in [0.2, 0.25) is 0 Å². The maximum atomic E-state index is 9.45. The number of benzene rings is 1. The molecule has 0 heterocycles. The number of carbonyl (C=O) groups is 1. The third kappa shape index (κ3) is 6.37. The summed E-state index contributed by atoms with van der Waals surface area (Å²) in [6.07, 6.45) is 0.615. The molecule has 0 bridgehead atoms. The minimum Gasteiger partial charge on any atom is -0.479 e. The smallest absolute Gasteiger partial charge is 0.332 e. The van der Waals surface area contributed by atoms with Crippen LogP contribution >= 0.6 is 0 Å². The predicted molar refractivity (Wildman–Crippen MR) is 70.2 cm³/mol. The summed E-state index contributed by atoms with van der Waals surface area (Å²) in [6, 6.07) is 8.28. The summed E-state index contributed by atoms with van der Waals surface area (Å²) < 4.78 is 0. The lowest BCUT2D eigenvalue weighted by molar-refractivity contribution is -0.145. The molecule has 17 heavy (non-hydrogen) atoms. The fraction of sp³-hybridized carbons (Fsp3) is 0.308. The summed E-state index contributed by atoms with van der Waals surface area (Å²) >= 11 is 0. The van der Waals surface area contributed by atoms with Gasteiger partial charge in [-0.05, 0) is 24.6 Å². The van der Waals surface area contributed by atoms with Crippen LogP contribution in [-0.4, -0.2) is 36.4 Å². The SMILES string of the molecule is C=Cc1ccc(N(C)C)cc1.CC(O)C(=O)O. The zero-order valence-corrected chi connectivity index (χ0v) is 10.4. The molecule has 0 saturated carbocycles. The van der Waals surface area contributed by atoms with Gasteiger partial charge in [-0.2, -0.15) is 0 Å². The van der Waals surface area contributed by atoms with E-state index in [4.69, 9.17) is 10.2 Å². The Bertz CT molecular complexity index is 355. The highest BCUT2D eigenvalue weighted by Gasteiger charge is 2.01. The lowest BCUT2D eigenvalue weighted by Gasteiger charge is -2.11. The quantitative estimate of drug-likeness (QED) is 0.842. The number of aliphatic hydroxyl groups is 1. The number of nitrogens with zero attached hydrogens (tertiary/aromatic N) is 1. The van der Waals surface area contributed by atoms with E-state index in [0.29, 0.717) is 0 Å². The van der Waals surface area contributed by atoms with E-state index in [1.54, 1.807) is 0 Å². The number of aliphatic carboxylic acids is 1. The van der Waals surface area contributed by atoms with Crippen LogP contribution in [0.3, 0.4) is 0 Å². The molecule has 0 saturated heterocycles. The topological polar surface area (TPSA) is 60.8 Å². The van der Waals surface area contributed by atoms with Crippen molar-refractivity contribution in [2.75, 3.05) is 19.0 Å². The first-order valence-electron chi connectivity index (χ1n) is 5.19. The first-order chi connectivity index (χ1) is 7.88. The first-order valence-corrected chi connectivity index (χ1v) is 5.19. The zero-order chi connectivity index (χ0) is 13.4. The van der Waals surface area contributed by atoms with E-state index in [-0.39, 0.29) is 0 Å². The molecule has 0 spiro atoms. The maximum Gasteiger partial charge on any atom is 0.332 e. The van der Waals surface area contributed by atoms with Gasteiger partial charge < -0.3 is 15.1 Å². The highest BCUT2D eigenvalue weighted by molar-refractivity contribution is 5.71. The fourth-order valence-corrected chi connectivity index (χ4v) is 0.909. The molecule has 0 aliphatic carbocycles. The lowest BCUT2D eigenvalue weighted by atomic mass is 10.2. The molecule has 0 amide bonds. The van der Waals surface area contributed by atoms with Gasteiger partial charge >= 0.3 is 5.97 Å². The second-order valence-electron chi connectivity index (χ2n) is 3.70. The molecule has 0 aliphatic heterocycles. The Morgan fingerprint density at radius 3 is 2.00 bits per heavy atom. The van der Waals surface area contributed by atoms with E-state index in [0.717, 1.165) is 5.56 Å². The van der Waals surface area contributed by atoms with Crippen LogP contribution in [0.5, 0.6) is 0 Å². The van der Waals surface area contributed by atoms with Crippen LogP contribution in [0.4, 0.5) is 5.69 Å². The molecule has 1 unspecified atom stereocenters. The molecule has 0 aliphatic rings. The second kappa shape index (κ2) is 7.46. The summed E-state index contributed by atoms with van der Waals surface area (Å²) in [4.78, 5) is 11.5. The van der Waals surface area contributed by atoms with E-state index in [1.165, 1.54) is 12.6 Å². The number of carboxylic acid groups (broad SMARTS) is 1. The zero-order valence-electron chi connectivity index (χ0n) is 10.4. The highest BCUT2D eigenvalue weighted by atomic mass is 16.4. The minimum absolute atomic E-state index is 1.16. The standard InChI is InChI=1S/C10H13N.C3H6O3/c1-4-9-5-7-10(8-6-9)11(2)3;1-2(4)3(5)6/h4-8H,1H2,2-3H3;2,4H,1H3,(H,5,6). The summed E-state index contributed by atoms with van der Waals surface area (Å²) in [7, 11) is 4.06. The van der Waals surface area contributed by atoms with Gasteiger partial charge in [0.05, 0.1) is 0 Å². The molecule has 94 valence electrons. The van der Waals surface area contributed by atoms with Crippen molar-refractivity contribution in [1.29, 1.82) is 0 Å².